The van der Waals surface area contributed by atoms with Crippen LogP contribution in [0.25, 0.3) is 0 Å². The molecule has 3 aromatic rings. The summed E-state index contributed by atoms with van der Waals surface area (Å²) in [6.07, 6.45) is -3.45. The third kappa shape index (κ3) is 5.91. The predicted octanol–water partition coefficient (Wildman–Crippen LogP) is 6.45. The molecule has 4 rings (SSSR count). The maximum atomic E-state index is 12.8. The highest BCUT2D eigenvalue weighted by Crippen LogP contribution is 2.37. The van der Waals surface area contributed by atoms with Gasteiger partial charge in [-0.15, -0.1) is 12.4 Å². The van der Waals surface area contributed by atoms with Crippen molar-refractivity contribution < 1.29 is 17.9 Å². The Bertz CT molecular complexity index is 909. The largest absolute Gasteiger partial charge is 0.416 e. The minimum Gasteiger partial charge on any atom is -0.373 e. The molecule has 0 aromatic heterocycles. The van der Waals surface area contributed by atoms with Gasteiger partial charge in [-0.3, -0.25) is 0 Å². The van der Waals surface area contributed by atoms with Crippen LogP contribution < -0.4 is 5.32 Å². The van der Waals surface area contributed by atoms with Gasteiger partial charge in [0.25, 0.3) is 0 Å². The van der Waals surface area contributed by atoms with E-state index in [1.165, 1.54) is 23.3 Å². The second-order valence-corrected chi connectivity index (χ2v) is 8.00. The summed E-state index contributed by atoms with van der Waals surface area (Å²) in [4.78, 5) is 0. The number of ether oxygens (including phenoxy) is 1. The first kappa shape index (κ1) is 24.3. The van der Waals surface area contributed by atoms with Crippen molar-refractivity contribution in [3.63, 3.8) is 0 Å². The molecule has 0 radical (unpaired) electrons. The molecule has 0 bridgehead atoms. The summed E-state index contributed by atoms with van der Waals surface area (Å²) in [6.45, 7) is 1.99. The zero-order valence-corrected chi connectivity index (χ0v) is 18.4. The van der Waals surface area contributed by atoms with Crippen molar-refractivity contribution in [3.8, 4) is 0 Å². The van der Waals surface area contributed by atoms with E-state index in [4.69, 9.17) is 4.74 Å². The van der Waals surface area contributed by atoms with Crippen molar-refractivity contribution in [3.05, 3.63) is 107 Å². The van der Waals surface area contributed by atoms with Crippen molar-refractivity contribution in [2.24, 2.45) is 5.92 Å². The topological polar surface area (TPSA) is 21.3 Å². The number of piperidine rings is 1. The van der Waals surface area contributed by atoms with Gasteiger partial charge < -0.3 is 10.1 Å². The van der Waals surface area contributed by atoms with Crippen LogP contribution in [0.4, 0.5) is 13.2 Å². The van der Waals surface area contributed by atoms with Gasteiger partial charge in [0, 0.05) is 18.4 Å². The Hall–Kier alpha value is -2.34. The predicted molar refractivity (Wildman–Crippen MR) is 123 cm³/mol. The number of nitrogens with one attached hydrogen (secondary N) is 1. The lowest BCUT2D eigenvalue weighted by Crippen LogP contribution is -2.44. The average molecular weight is 462 g/mol. The summed E-state index contributed by atoms with van der Waals surface area (Å²) < 4.78 is 44.8. The van der Waals surface area contributed by atoms with E-state index in [9.17, 15) is 13.2 Å². The molecule has 3 aromatic carbocycles. The van der Waals surface area contributed by atoms with Gasteiger partial charge in [0.15, 0.2) is 0 Å². The lowest BCUT2D eigenvalue weighted by atomic mass is 9.76. The zero-order valence-electron chi connectivity index (χ0n) is 17.6. The van der Waals surface area contributed by atoms with E-state index in [0.29, 0.717) is 6.61 Å². The second-order valence-electron chi connectivity index (χ2n) is 8.00. The number of hydrogen-bond acceptors (Lipinski definition) is 2. The van der Waals surface area contributed by atoms with Crippen molar-refractivity contribution in [1.29, 1.82) is 0 Å². The lowest BCUT2D eigenvalue weighted by Gasteiger charge is -2.38. The monoisotopic (exact) mass is 461 g/mol. The minimum atomic E-state index is -4.32. The van der Waals surface area contributed by atoms with E-state index in [2.05, 4.69) is 53.8 Å². The second kappa shape index (κ2) is 11.0. The summed E-state index contributed by atoms with van der Waals surface area (Å²) in [5, 5.41) is 3.50. The van der Waals surface area contributed by atoms with E-state index in [1.807, 2.05) is 12.1 Å². The zero-order chi connectivity index (χ0) is 21.7. The van der Waals surface area contributed by atoms with Crippen molar-refractivity contribution in [2.45, 2.75) is 31.2 Å². The Labute approximate surface area is 193 Å². The van der Waals surface area contributed by atoms with Gasteiger partial charge in [0.1, 0.15) is 0 Å². The highest BCUT2D eigenvalue weighted by atomic mass is 35.5. The molecule has 1 fully saturated rings. The maximum absolute atomic E-state index is 12.8. The molecule has 6 heteroatoms. The molecule has 1 N–H and O–H groups in total. The Balaban J connectivity index is 0.00000289. The van der Waals surface area contributed by atoms with E-state index < -0.39 is 11.7 Å². The first-order chi connectivity index (χ1) is 15.0. The van der Waals surface area contributed by atoms with Crippen molar-refractivity contribution in [1.82, 2.24) is 5.32 Å². The van der Waals surface area contributed by atoms with Crippen LogP contribution in [0.2, 0.25) is 0 Å². The molecule has 32 heavy (non-hydrogen) atoms. The molecular weight excluding hydrogens is 435 g/mol. The van der Waals surface area contributed by atoms with Crippen LogP contribution in [-0.2, 0) is 17.5 Å². The van der Waals surface area contributed by atoms with Crippen LogP contribution in [0, 0.1) is 5.92 Å². The molecule has 0 spiro atoms. The number of benzene rings is 3. The van der Waals surface area contributed by atoms with Gasteiger partial charge in [-0.05, 0) is 41.8 Å². The standard InChI is InChI=1S/C26H26F3NO.ClH/c27-26(28,29)22-13-11-19(12-14-22)18-31-24-15-16-30-17-23(24)25(20-7-3-1-4-8-20)21-9-5-2-6-10-21;/h1-14,23-25,30H,15-18H2;1H. The van der Waals surface area contributed by atoms with Gasteiger partial charge in [0.05, 0.1) is 18.3 Å². The van der Waals surface area contributed by atoms with Crippen LogP contribution >= 0.6 is 12.4 Å². The molecule has 1 heterocycles. The van der Waals surface area contributed by atoms with Crippen LogP contribution in [0.5, 0.6) is 0 Å². The SMILES string of the molecule is Cl.FC(F)(F)c1ccc(COC2CCNCC2C(c2ccccc2)c2ccccc2)cc1. The molecule has 0 saturated carbocycles. The van der Waals surface area contributed by atoms with Gasteiger partial charge in [-0.1, -0.05) is 72.8 Å². The smallest absolute Gasteiger partial charge is 0.373 e. The fourth-order valence-electron chi connectivity index (χ4n) is 4.40. The van der Waals surface area contributed by atoms with Crippen molar-refractivity contribution >= 4 is 12.4 Å². The lowest BCUT2D eigenvalue weighted by molar-refractivity contribution is -0.137. The van der Waals surface area contributed by atoms with E-state index in [0.717, 1.165) is 37.2 Å². The molecule has 0 aliphatic carbocycles. The number of halogens is 4. The number of alkyl halides is 3. The normalized spacial score (nSPS) is 18.9. The molecule has 0 amide bonds. The Morgan fingerprint density at radius 2 is 1.41 bits per heavy atom. The highest BCUT2D eigenvalue weighted by Gasteiger charge is 2.34. The summed E-state index contributed by atoms with van der Waals surface area (Å²) in [7, 11) is 0. The Kier molecular flexibility index (Phi) is 8.35. The first-order valence-corrected chi connectivity index (χ1v) is 10.6. The summed E-state index contributed by atoms with van der Waals surface area (Å²) in [6, 6.07) is 26.1. The Morgan fingerprint density at radius 3 is 1.94 bits per heavy atom. The third-order valence-corrected chi connectivity index (χ3v) is 5.95. The average Bonchev–Trinajstić information content (AvgIpc) is 2.80. The molecule has 1 aliphatic heterocycles. The van der Waals surface area contributed by atoms with Crippen molar-refractivity contribution in [2.75, 3.05) is 13.1 Å². The van der Waals surface area contributed by atoms with Gasteiger partial charge in [0.2, 0.25) is 0 Å². The van der Waals surface area contributed by atoms with Gasteiger partial charge in [-0.2, -0.15) is 13.2 Å². The molecule has 170 valence electrons. The van der Waals surface area contributed by atoms with E-state index >= 15 is 0 Å². The minimum absolute atomic E-state index is 0. The molecule has 1 aliphatic rings. The van der Waals surface area contributed by atoms with Crippen LogP contribution in [0.1, 0.15) is 34.6 Å². The summed E-state index contributed by atoms with van der Waals surface area (Å²) in [5.74, 6) is 0.390. The first-order valence-electron chi connectivity index (χ1n) is 10.6. The van der Waals surface area contributed by atoms with E-state index in [-0.39, 0.29) is 30.3 Å². The van der Waals surface area contributed by atoms with Gasteiger partial charge >= 0.3 is 6.18 Å². The highest BCUT2D eigenvalue weighted by molar-refractivity contribution is 5.85. The maximum Gasteiger partial charge on any atom is 0.416 e. The molecule has 2 nitrogen and oxygen atoms in total. The quantitative estimate of drug-likeness (QED) is 0.455. The number of hydrogen-bond donors (Lipinski definition) is 1. The molecule has 2 atom stereocenters. The molecule has 1 saturated heterocycles. The third-order valence-electron chi connectivity index (χ3n) is 5.95. The van der Waals surface area contributed by atoms with Crippen LogP contribution in [-0.4, -0.2) is 19.2 Å². The fraction of sp³-hybridized carbons (Fsp3) is 0.308. The van der Waals surface area contributed by atoms with Crippen LogP contribution in [0.15, 0.2) is 84.9 Å². The molecular formula is C26H27ClF3NO. The van der Waals surface area contributed by atoms with E-state index in [1.54, 1.807) is 0 Å². The Morgan fingerprint density at radius 1 is 0.844 bits per heavy atom. The van der Waals surface area contributed by atoms with Gasteiger partial charge in [-0.25, -0.2) is 0 Å². The fourth-order valence-corrected chi connectivity index (χ4v) is 4.40. The molecule has 2 unspecified atom stereocenters. The summed E-state index contributed by atoms with van der Waals surface area (Å²) in [5.41, 5.74) is 2.60. The number of rotatable bonds is 6. The summed E-state index contributed by atoms with van der Waals surface area (Å²) >= 11 is 0. The van der Waals surface area contributed by atoms with Crippen LogP contribution in [0.3, 0.4) is 0 Å².